The summed E-state index contributed by atoms with van der Waals surface area (Å²) in [7, 11) is 1.61. The van der Waals surface area contributed by atoms with E-state index < -0.39 is 0 Å². The van der Waals surface area contributed by atoms with Crippen LogP contribution in [0.4, 0.5) is 11.4 Å². The zero-order valence-electron chi connectivity index (χ0n) is 12.2. The van der Waals surface area contributed by atoms with Gasteiger partial charge in [-0.2, -0.15) is 0 Å². The van der Waals surface area contributed by atoms with E-state index in [1.807, 2.05) is 26.0 Å². The molecule has 0 aliphatic heterocycles. The van der Waals surface area contributed by atoms with Gasteiger partial charge in [-0.3, -0.25) is 4.79 Å². The smallest absolute Gasteiger partial charge is 0.257 e. The lowest BCUT2D eigenvalue weighted by Gasteiger charge is -2.14. The molecule has 0 aliphatic carbocycles. The number of hydrogen-bond acceptors (Lipinski definition) is 3. The van der Waals surface area contributed by atoms with Gasteiger partial charge in [0.2, 0.25) is 0 Å². The van der Waals surface area contributed by atoms with Crippen molar-refractivity contribution in [2.24, 2.45) is 0 Å². The van der Waals surface area contributed by atoms with Gasteiger partial charge >= 0.3 is 0 Å². The Hall–Kier alpha value is -2.20. The van der Waals surface area contributed by atoms with Crippen molar-refractivity contribution >= 4 is 28.9 Å². The van der Waals surface area contributed by atoms with Gasteiger partial charge in [0, 0.05) is 22.0 Å². The number of hydrogen-bond donors (Lipinski definition) is 2. The van der Waals surface area contributed by atoms with Crippen LogP contribution in [0.25, 0.3) is 0 Å². The number of anilines is 2. The van der Waals surface area contributed by atoms with E-state index in [1.54, 1.807) is 25.3 Å². The van der Waals surface area contributed by atoms with Gasteiger partial charge in [-0.15, -0.1) is 0 Å². The van der Waals surface area contributed by atoms with Gasteiger partial charge < -0.3 is 15.8 Å². The summed E-state index contributed by atoms with van der Waals surface area (Å²) in [5.41, 5.74) is 9.13. The summed E-state index contributed by atoms with van der Waals surface area (Å²) >= 11 is 5.84. The number of halogens is 1. The van der Waals surface area contributed by atoms with Crippen molar-refractivity contribution in [3.05, 3.63) is 52.0 Å². The number of ether oxygens (including phenoxy) is 1. The highest BCUT2D eigenvalue weighted by Crippen LogP contribution is 2.30. The monoisotopic (exact) mass is 304 g/mol. The van der Waals surface area contributed by atoms with Crippen LogP contribution in [0, 0.1) is 13.8 Å². The number of aryl methyl sites for hydroxylation is 1. The van der Waals surface area contributed by atoms with E-state index in [1.165, 1.54) is 0 Å². The lowest BCUT2D eigenvalue weighted by atomic mass is 10.1. The second-order valence-electron chi connectivity index (χ2n) is 4.77. The fraction of sp³-hybridized carbons (Fsp3) is 0.188. The predicted molar refractivity (Wildman–Crippen MR) is 86.3 cm³/mol. The number of rotatable bonds is 3. The molecule has 21 heavy (non-hydrogen) atoms. The van der Waals surface area contributed by atoms with Crippen LogP contribution in [0.3, 0.4) is 0 Å². The van der Waals surface area contributed by atoms with Crippen molar-refractivity contribution in [1.29, 1.82) is 0 Å². The molecule has 0 bridgehead atoms. The molecule has 3 N–H and O–H groups in total. The molecule has 0 fully saturated rings. The maximum absolute atomic E-state index is 12.3. The standard InChI is InChI=1S/C16H17ClN2O2/c1-9-4-7-14(10(2)15(9)21-3)19-16(20)12-6-5-11(17)8-13(12)18/h4-8H,18H2,1-3H3,(H,19,20). The van der Waals surface area contributed by atoms with Gasteiger partial charge in [0.1, 0.15) is 5.75 Å². The average Bonchev–Trinajstić information content (AvgIpc) is 2.42. The molecule has 0 spiro atoms. The number of nitrogens with one attached hydrogen (secondary N) is 1. The summed E-state index contributed by atoms with van der Waals surface area (Å²) < 4.78 is 5.35. The van der Waals surface area contributed by atoms with E-state index in [4.69, 9.17) is 22.1 Å². The normalized spacial score (nSPS) is 10.3. The van der Waals surface area contributed by atoms with E-state index in [9.17, 15) is 4.79 Å². The molecule has 0 saturated heterocycles. The summed E-state index contributed by atoms with van der Waals surface area (Å²) in [6.45, 7) is 3.85. The van der Waals surface area contributed by atoms with Crippen molar-refractivity contribution in [2.75, 3.05) is 18.2 Å². The number of carbonyl (C=O) groups excluding carboxylic acids is 1. The Bertz CT molecular complexity index is 699. The molecule has 1 amide bonds. The molecule has 0 atom stereocenters. The SMILES string of the molecule is COc1c(C)ccc(NC(=O)c2ccc(Cl)cc2N)c1C. The average molecular weight is 305 g/mol. The number of benzene rings is 2. The summed E-state index contributed by atoms with van der Waals surface area (Å²) in [6, 6.07) is 8.53. The van der Waals surface area contributed by atoms with Crippen LogP contribution in [-0.4, -0.2) is 13.0 Å². The first-order chi connectivity index (χ1) is 9.93. The molecule has 0 aliphatic rings. The highest BCUT2D eigenvalue weighted by Gasteiger charge is 2.14. The minimum absolute atomic E-state index is 0.279. The van der Waals surface area contributed by atoms with E-state index in [0.717, 1.165) is 16.9 Å². The van der Waals surface area contributed by atoms with Crippen LogP contribution >= 0.6 is 11.6 Å². The van der Waals surface area contributed by atoms with Crippen molar-refractivity contribution in [1.82, 2.24) is 0 Å². The van der Waals surface area contributed by atoms with Gasteiger partial charge in [0.15, 0.2) is 0 Å². The largest absolute Gasteiger partial charge is 0.496 e. The molecule has 5 heteroatoms. The maximum atomic E-state index is 12.3. The third-order valence-electron chi connectivity index (χ3n) is 3.31. The van der Waals surface area contributed by atoms with Gasteiger partial charge in [-0.25, -0.2) is 0 Å². The van der Waals surface area contributed by atoms with Crippen LogP contribution in [0.2, 0.25) is 5.02 Å². The van der Waals surface area contributed by atoms with Crippen molar-refractivity contribution in [3.8, 4) is 5.75 Å². The summed E-state index contributed by atoms with van der Waals surface area (Å²) in [4.78, 5) is 12.3. The van der Waals surface area contributed by atoms with Crippen molar-refractivity contribution in [2.45, 2.75) is 13.8 Å². The Labute approximate surface area is 128 Å². The van der Waals surface area contributed by atoms with Gasteiger partial charge in [0.05, 0.1) is 12.7 Å². The highest BCUT2D eigenvalue weighted by molar-refractivity contribution is 6.31. The second-order valence-corrected chi connectivity index (χ2v) is 5.21. The number of methoxy groups -OCH3 is 1. The van der Waals surface area contributed by atoms with Crippen LogP contribution < -0.4 is 15.8 Å². The topological polar surface area (TPSA) is 64.3 Å². The van der Waals surface area contributed by atoms with Crippen LogP contribution in [-0.2, 0) is 0 Å². The van der Waals surface area contributed by atoms with Crippen molar-refractivity contribution in [3.63, 3.8) is 0 Å². The summed E-state index contributed by atoms with van der Waals surface area (Å²) in [5.74, 6) is 0.482. The van der Waals surface area contributed by atoms with Crippen molar-refractivity contribution < 1.29 is 9.53 Å². The molecule has 0 heterocycles. The third-order valence-corrected chi connectivity index (χ3v) is 3.55. The Balaban J connectivity index is 2.32. The Morgan fingerprint density at radius 1 is 1.24 bits per heavy atom. The second kappa shape index (κ2) is 6.06. The quantitative estimate of drug-likeness (QED) is 0.848. The first-order valence-electron chi connectivity index (χ1n) is 6.44. The molecule has 110 valence electrons. The van der Waals surface area contributed by atoms with Gasteiger partial charge in [0.25, 0.3) is 5.91 Å². The van der Waals surface area contributed by atoms with Crippen LogP contribution in [0.1, 0.15) is 21.5 Å². The molecule has 4 nitrogen and oxygen atoms in total. The maximum Gasteiger partial charge on any atom is 0.257 e. The Kier molecular flexibility index (Phi) is 4.38. The molecule has 0 aromatic heterocycles. The summed E-state index contributed by atoms with van der Waals surface area (Å²) in [6.07, 6.45) is 0. The lowest BCUT2D eigenvalue weighted by molar-refractivity contribution is 0.102. The number of carbonyl (C=O) groups is 1. The number of nitrogen functional groups attached to an aromatic ring is 1. The predicted octanol–water partition coefficient (Wildman–Crippen LogP) is 3.80. The molecule has 0 unspecified atom stereocenters. The van der Waals surface area contributed by atoms with Crippen LogP contribution in [0.15, 0.2) is 30.3 Å². The zero-order chi connectivity index (χ0) is 15.6. The molecule has 2 aromatic rings. The fourth-order valence-corrected chi connectivity index (χ4v) is 2.39. The third kappa shape index (κ3) is 3.11. The molecular formula is C16H17ClN2O2. The Morgan fingerprint density at radius 3 is 2.57 bits per heavy atom. The van der Waals surface area contributed by atoms with E-state index in [0.29, 0.717) is 22.0 Å². The fourth-order valence-electron chi connectivity index (χ4n) is 2.21. The van der Waals surface area contributed by atoms with Crippen LogP contribution in [0.5, 0.6) is 5.75 Å². The van der Waals surface area contributed by atoms with E-state index >= 15 is 0 Å². The van der Waals surface area contributed by atoms with Gasteiger partial charge in [-0.05, 0) is 43.7 Å². The summed E-state index contributed by atoms with van der Waals surface area (Å²) in [5, 5.41) is 3.34. The molecular weight excluding hydrogens is 288 g/mol. The minimum atomic E-state index is -0.279. The van der Waals surface area contributed by atoms with E-state index in [2.05, 4.69) is 5.32 Å². The molecule has 2 aromatic carbocycles. The molecule has 2 rings (SSSR count). The number of nitrogens with two attached hydrogens (primary N) is 1. The first kappa shape index (κ1) is 15.2. The van der Waals surface area contributed by atoms with Gasteiger partial charge in [-0.1, -0.05) is 17.7 Å². The number of amides is 1. The highest BCUT2D eigenvalue weighted by atomic mass is 35.5. The molecule has 0 saturated carbocycles. The zero-order valence-corrected chi connectivity index (χ0v) is 12.9. The van der Waals surface area contributed by atoms with E-state index in [-0.39, 0.29) is 5.91 Å². The Morgan fingerprint density at radius 2 is 1.95 bits per heavy atom. The first-order valence-corrected chi connectivity index (χ1v) is 6.82. The minimum Gasteiger partial charge on any atom is -0.496 e. The molecule has 0 radical (unpaired) electrons. The lowest BCUT2D eigenvalue weighted by Crippen LogP contribution is -2.15.